The van der Waals surface area contributed by atoms with Crippen LogP contribution in [0.2, 0.25) is 0 Å². The number of imidazole rings is 1. The molecule has 32 heavy (non-hydrogen) atoms. The first-order chi connectivity index (χ1) is 15.4. The smallest absolute Gasteiger partial charge is 0.296 e. The van der Waals surface area contributed by atoms with Crippen LogP contribution in [0.3, 0.4) is 0 Å². The molecule has 0 N–H and O–H groups in total. The summed E-state index contributed by atoms with van der Waals surface area (Å²) in [7, 11) is 0. The Labute approximate surface area is 188 Å². The maximum absolute atomic E-state index is 13.0. The van der Waals surface area contributed by atoms with Crippen molar-refractivity contribution in [3.8, 4) is 16.8 Å². The third-order valence-electron chi connectivity index (χ3n) is 5.73. The van der Waals surface area contributed by atoms with Crippen molar-refractivity contribution in [3.63, 3.8) is 0 Å². The van der Waals surface area contributed by atoms with E-state index in [1.54, 1.807) is 11.0 Å². The van der Waals surface area contributed by atoms with Crippen molar-refractivity contribution in [1.82, 2.24) is 29.3 Å². The predicted octanol–water partition coefficient (Wildman–Crippen LogP) is 4.51. The Morgan fingerprint density at radius 1 is 0.969 bits per heavy atom. The molecule has 2 aromatic heterocycles. The minimum Gasteiger partial charge on any atom is -0.296 e. The maximum atomic E-state index is 13.0. The fourth-order valence-electron chi connectivity index (χ4n) is 3.88. The summed E-state index contributed by atoms with van der Waals surface area (Å²) in [6.07, 6.45) is 5.60. The van der Waals surface area contributed by atoms with E-state index in [0.717, 1.165) is 40.9 Å². The molecule has 2 aromatic carbocycles. The molecule has 0 spiro atoms. The van der Waals surface area contributed by atoms with Gasteiger partial charge in [-0.3, -0.25) is 9.13 Å². The highest BCUT2D eigenvalue weighted by Crippen LogP contribution is 2.26. The number of hydrogen-bond acceptors (Lipinski definition) is 4. The van der Waals surface area contributed by atoms with E-state index in [2.05, 4.69) is 73.6 Å². The van der Waals surface area contributed by atoms with Crippen molar-refractivity contribution < 1.29 is 0 Å². The largest absolute Gasteiger partial charge is 0.328 e. The SMILES string of the molecule is CC(C)CCc1cn(C(C)C)c(=O)n1Cc1ccc(-c2ccccc2-n2cnnn2)cc1. The second-order valence-corrected chi connectivity index (χ2v) is 8.89. The first kappa shape index (κ1) is 21.7. The van der Waals surface area contributed by atoms with E-state index in [9.17, 15) is 4.79 Å². The summed E-state index contributed by atoms with van der Waals surface area (Å²) in [6, 6.07) is 16.6. The minimum absolute atomic E-state index is 0.0619. The lowest BCUT2D eigenvalue weighted by Crippen LogP contribution is -2.26. The zero-order chi connectivity index (χ0) is 22.7. The monoisotopic (exact) mass is 430 g/mol. The summed E-state index contributed by atoms with van der Waals surface area (Å²) in [5.74, 6) is 0.598. The van der Waals surface area contributed by atoms with Crippen LogP contribution in [0.1, 0.15) is 51.4 Å². The molecule has 0 unspecified atom stereocenters. The number of aromatic nitrogens is 6. The van der Waals surface area contributed by atoms with Crippen molar-refractivity contribution in [2.45, 2.75) is 53.1 Å². The Hall–Kier alpha value is -3.48. The Morgan fingerprint density at radius 3 is 2.38 bits per heavy atom. The molecule has 0 saturated heterocycles. The topological polar surface area (TPSA) is 70.5 Å². The lowest BCUT2D eigenvalue weighted by Gasteiger charge is -2.11. The zero-order valence-corrected chi connectivity index (χ0v) is 19.1. The Balaban J connectivity index is 1.62. The second-order valence-electron chi connectivity index (χ2n) is 8.89. The molecule has 4 rings (SSSR count). The van der Waals surface area contributed by atoms with Gasteiger partial charge < -0.3 is 0 Å². The van der Waals surface area contributed by atoms with E-state index in [0.29, 0.717) is 12.5 Å². The molecule has 2 heterocycles. The molecule has 0 fully saturated rings. The molecule has 166 valence electrons. The van der Waals surface area contributed by atoms with Crippen LogP contribution in [0.4, 0.5) is 0 Å². The van der Waals surface area contributed by atoms with E-state index in [-0.39, 0.29) is 11.7 Å². The first-order valence-electron chi connectivity index (χ1n) is 11.2. The number of hydrogen-bond donors (Lipinski definition) is 0. The lowest BCUT2D eigenvalue weighted by atomic mass is 10.0. The van der Waals surface area contributed by atoms with Crippen LogP contribution in [0, 0.1) is 5.92 Å². The van der Waals surface area contributed by atoms with Gasteiger partial charge >= 0.3 is 5.69 Å². The number of rotatable bonds is 8. The van der Waals surface area contributed by atoms with E-state index in [4.69, 9.17) is 0 Å². The third kappa shape index (κ3) is 4.56. The molecule has 0 radical (unpaired) electrons. The van der Waals surface area contributed by atoms with Gasteiger partial charge in [-0.05, 0) is 60.2 Å². The van der Waals surface area contributed by atoms with Gasteiger partial charge in [0.1, 0.15) is 6.33 Å². The molecular weight excluding hydrogens is 400 g/mol. The molecule has 0 bridgehead atoms. The van der Waals surface area contributed by atoms with Crippen LogP contribution >= 0.6 is 0 Å². The third-order valence-corrected chi connectivity index (χ3v) is 5.73. The van der Waals surface area contributed by atoms with E-state index < -0.39 is 0 Å². The summed E-state index contributed by atoms with van der Waals surface area (Å²) >= 11 is 0. The number of aryl methyl sites for hydroxylation is 1. The molecule has 0 amide bonds. The summed E-state index contributed by atoms with van der Waals surface area (Å²) in [6.45, 7) is 9.10. The number of tetrazole rings is 1. The van der Waals surface area contributed by atoms with Crippen LogP contribution in [0.5, 0.6) is 0 Å². The average molecular weight is 431 g/mol. The van der Waals surface area contributed by atoms with Gasteiger partial charge in [0.2, 0.25) is 0 Å². The molecule has 0 saturated carbocycles. The fourth-order valence-corrected chi connectivity index (χ4v) is 3.88. The van der Waals surface area contributed by atoms with E-state index >= 15 is 0 Å². The standard InChI is InChI=1S/C25H30N6O/c1-18(2)9-14-22-16-29(19(3)4)25(32)30(22)15-20-10-12-21(13-11-20)23-7-5-6-8-24(23)31-17-26-27-28-31/h5-8,10-13,16-19H,9,14-15H2,1-4H3. The normalized spacial score (nSPS) is 11.6. The van der Waals surface area contributed by atoms with Gasteiger partial charge in [0.15, 0.2) is 0 Å². The quantitative estimate of drug-likeness (QED) is 0.412. The van der Waals surface area contributed by atoms with Crippen LogP contribution in [-0.4, -0.2) is 29.3 Å². The van der Waals surface area contributed by atoms with Crippen molar-refractivity contribution in [2.75, 3.05) is 0 Å². The van der Waals surface area contributed by atoms with Gasteiger partial charge in [0.25, 0.3) is 0 Å². The highest BCUT2D eigenvalue weighted by atomic mass is 16.1. The second kappa shape index (κ2) is 9.34. The molecule has 0 atom stereocenters. The fraction of sp³-hybridized carbons (Fsp3) is 0.360. The van der Waals surface area contributed by atoms with Crippen LogP contribution < -0.4 is 5.69 Å². The molecular formula is C25H30N6O. The maximum Gasteiger partial charge on any atom is 0.328 e. The van der Waals surface area contributed by atoms with Crippen molar-refractivity contribution in [1.29, 1.82) is 0 Å². The number of benzene rings is 2. The molecule has 0 aliphatic rings. The number of para-hydroxylation sites is 1. The van der Waals surface area contributed by atoms with Gasteiger partial charge in [-0.15, -0.1) is 5.10 Å². The highest BCUT2D eigenvalue weighted by molar-refractivity contribution is 5.72. The minimum atomic E-state index is 0.0619. The van der Waals surface area contributed by atoms with E-state index in [1.165, 1.54) is 0 Å². The molecule has 4 aromatic rings. The summed E-state index contributed by atoms with van der Waals surface area (Å²) in [5, 5.41) is 11.5. The molecule has 0 aliphatic carbocycles. The molecule has 0 aliphatic heterocycles. The zero-order valence-electron chi connectivity index (χ0n) is 19.1. The molecule has 7 heteroatoms. The lowest BCUT2D eigenvalue weighted by molar-refractivity contribution is 0.554. The Kier molecular flexibility index (Phi) is 6.35. The van der Waals surface area contributed by atoms with Crippen molar-refractivity contribution in [2.24, 2.45) is 5.92 Å². The van der Waals surface area contributed by atoms with Gasteiger partial charge in [-0.25, -0.2) is 4.79 Å². The Bertz CT molecular complexity index is 1220. The Morgan fingerprint density at radius 2 is 1.72 bits per heavy atom. The summed E-state index contributed by atoms with van der Waals surface area (Å²) in [5.41, 5.74) is 5.31. The van der Waals surface area contributed by atoms with Crippen LogP contribution in [0.15, 0.2) is 65.8 Å². The van der Waals surface area contributed by atoms with Gasteiger partial charge in [-0.1, -0.05) is 56.3 Å². The van der Waals surface area contributed by atoms with Crippen LogP contribution in [0.25, 0.3) is 16.8 Å². The van der Waals surface area contributed by atoms with Crippen LogP contribution in [-0.2, 0) is 13.0 Å². The van der Waals surface area contributed by atoms with Crippen molar-refractivity contribution in [3.05, 3.63) is 82.8 Å². The molecule has 7 nitrogen and oxygen atoms in total. The predicted molar refractivity (Wildman–Crippen MR) is 126 cm³/mol. The summed E-state index contributed by atoms with van der Waals surface area (Å²) in [4.78, 5) is 13.0. The number of nitrogens with zero attached hydrogens (tertiary/aromatic N) is 6. The van der Waals surface area contributed by atoms with Gasteiger partial charge in [0, 0.05) is 23.5 Å². The highest BCUT2D eigenvalue weighted by Gasteiger charge is 2.14. The van der Waals surface area contributed by atoms with Crippen molar-refractivity contribution >= 4 is 0 Å². The first-order valence-corrected chi connectivity index (χ1v) is 11.2. The van der Waals surface area contributed by atoms with E-state index in [1.807, 2.05) is 33.5 Å². The van der Waals surface area contributed by atoms with Gasteiger partial charge in [0.05, 0.1) is 12.2 Å². The summed E-state index contributed by atoms with van der Waals surface area (Å²) < 4.78 is 5.43. The average Bonchev–Trinajstić information content (AvgIpc) is 3.42. The van der Waals surface area contributed by atoms with Gasteiger partial charge in [-0.2, -0.15) is 4.68 Å².